The average Bonchev–Trinajstić information content (AvgIpc) is 2.72. The third-order valence-electron chi connectivity index (χ3n) is 2.98. The number of carbonyl (C=O) groups is 1. The van der Waals surface area contributed by atoms with Gasteiger partial charge in [-0.3, -0.25) is 0 Å². The van der Waals surface area contributed by atoms with Gasteiger partial charge < -0.3 is 15.8 Å². The maximum absolute atomic E-state index is 11.6. The van der Waals surface area contributed by atoms with Crippen molar-refractivity contribution in [3.63, 3.8) is 0 Å². The number of carbonyl (C=O) groups excluding carboxylic acids is 1. The topological polar surface area (TPSA) is 82.2 Å². The number of esters is 1. The zero-order valence-electron chi connectivity index (χ0n) is 10.8. The molecule has 1 fully saturated rings. The molecule has 0 atom stereocenters. The molecular weight excluding hydrogens is 291 g/mol. The van der Waals surface area contributed by atoms with Crippen LogP contribution in [0.2, 0.25) is 0 Å². The molecule has 0 aliphatic carbocycles. The quantitative estimate of drug-likeness (QED) is 0.825. The molecule has 19 heavy (non-hydrogen) atoms. The number of hydrogen-bond acceptors (Lipinski definition) is 5. The number of nitrogens with zero attached hydrogens (tertiary/aromatic N) is 2. The van der Waals surface area contributed by atoms with Crippen LogP contribution in [0.3, 0.4) is 0 Å². The Morgan fingerprint density at radius 2 is 2.16 bits per heavy atom. The largest absolute Gasteiger partial charge is 0.462 e. The van der Waals surface area contributed by atoms with Crippen molar-refractivity contribution in [1.82, 2.24) is 15.1 Å². The molecule has 110 valence electrons. The average molecular weight is 311 g/mol. The molecule has 0 bridgehead atoms. The molecule has 0 spiro atoms. The molecule has 1 aliphatic rings. The zero-order valence-corrected chi connectivity index (χ0v) is 12.4. The maximum atomic E-state index is 11.6. The van der Waals surface area contributed by atoms with Gasteiger partial charge in [0.2, 0.25) is 0 Å². The summed E-state index contributed by atoms with van der Waals surface area (Å²) in [6.45, 7) is 4.03. The monoisotopic (exact) mass is 310 g/mol. The molecule has 0 radical (unpaired) electrons. The van der Waals surface area contributed by atoms with Crippen LogP contribution in [-0.4, -0.2) is 35.4 Å². The number of nitrogen functional groups attached to an aromatic ring is 1. The Labute approximate surface area is 124 Å². The molecule has 8 heteroatoms. The van der Waals surface area contributed by atoms with Crippen molar-refractivity contribution in [1.29, 1.82) is 0 Å². The fourth-order valence-corrected chi connectivity index (χ4v) is 2.08. The van der Waals surface area contributed by atoms with Crippen molar-refractivity contribution in [2.75, 3.05) is 25.4 Å². The number of anilines is 1. The molecule has 6 nitrogen and oxygen atoms in total. The highest BCUT2D eigenvalue weighted by Crippen LogP contribution is 2.23. The summed E-state index contributed by atoms with van der Waals surface area (Å²) in [5.41, 5.74) is 6.31. The van der Waals surface area contributed by atoms with E-state index in [9.17, 15) is 4.79 Å². The van der Waals surface area contributed by atoms with Crippen LogP contribution in [0.15, 0.2) is 6.20 Å². The lowest BCUT2D eigenvalue weighted by molar-refractivity contribution is 0.0527. The van der Waals surface area contributed by atoms with Crippen LogP contribution in [0.5, 0.6) is 0 Å². The SMILES string of the molecule is CCOC(=O)c1cnn(C2CCNCC2)c1N.Cl.Cl. The van der Waals surface area contributed by atoms with Crippen LogP contribution in [-0.2, 0) is 4.74 Å². The highest BCUT2D eigenvalue weighted by atomic mass is 35.5. The van der Waals surface area contributed by atoms with Gasteiger partial charge in [-0.25, -0.2) is 9.48 Å². The normalized spacial score (nSPS) is 15.2. The highest BCUT2D eigenvalue weighted by molar-refractivity contribution is 5.94. The van der Waals surface area contributed by atoms with Crippen LogP contribution in [0.4, 0.5) is 5.82 Å². The van der Waals surface area contributed by atoms with Crippen LogP contribution >= 0.6 is 24.8 Å². The van der Waals surface area contributed by atoms with Gasteiger partial charge in [0.05, 0.1) is 18.8 Å². The minimum absolute atomic E-state index is 0. The van der Waals surface area contributed by atoms with Crippen molar-refractivity contribution in [2.45, 2.75) is 25.8 Å². The van der Waals surface area contributed by atoms with Gasteiger partial charge in [-0.15, -0.1) is 24.8 Å². The Kier molecular flexibility index (Phi) is 7.82. The fraction of sp³-hybridized carbons (Fsp3) is 0.636. The molecule has 2 heterocycles. The Balaban J connectivity index is 0.00000162. The van der Waals surface area contributed by atoms with E-state index >= 15 is 0 Å². The number of ether oxygens (including phenoxy) is 1. The Bertz CT molecular complexity index is 405. The van der Waals surface area contributed by atoms with Gasteiger partial charge in [0.15, 0.2) is 0 Å². The molecule has 0 aromatic carbocycles. The molecule has 1 aromatic rings. The molecule has 3 N–H and O–H groups in total. The summed E-state index contributed by atoms with van der Waals surface area (Å²) < 4.78 is 6.67. The van der Waals surface area contributed by atoms with Gasteiger partial charge in [-0.1, -0.05) is 0 Å². The van der Waals surface area contributed by atoms with Crippen molar-refractivity contribution in [3.8, 4) is 0 Å². The summed E-state index contributed by atoms with van der Waals surface area (Å²) in [6.07, 6.45) is 3.46. The van der Waals surface area contributed by atoms with Gasteiger partial charge in [0.25, 0.3) is 0 Å². The third-order valence-corrected chi connectivity index (χ3v) is 2.98. The van der Waals surface area contributed by atoms with Crippen LogP contribution in [0.1, 0.15) is 36.2 Å². The number of rotatable bonds is 3. The van der Waals surface area contributed by atoms with E-state index in [2.05, 4.69) is 10.4 Å². The van der Waals surface area contributed by atoms with Crippen molar-refractivity contribution in [3.05, 3.63) is 11.8 Å². The second kappa shape index (κ2) is 8.24. The maximum Gasteiger partial charge on any atom is 0.343 e. The predicted molar refractivity (Wildman–Crippen MR) is 78.2 cm³/mol. The summed E-state index contributed by atoms with van der Waals surface area (Å²) in [5, 5.41) is 7.49. The van der Waals surface area contributed by atoms with Crippen molar-refractivity contribution < 1.29 is 9.53 Å². The summed E-state index contributed by atoms with van der Waals surface area (Å²) in [5.74, 6) is 0.0144. The standard InChI is InChI=1S/C11H18N4O2.2ClH/c1-2-17-11(16)9-7-14-15(10(9)12)8-3-5-13-6-4-8;;/h7-8,13H,2-6,12H2,1H3;2*1H. The van der Waals surface area contributed by atoms with Gasteiger partial charge in [-0.2, -0.15) is 5.10 Å². The number of halogens is 2. The van der Waals surface area contributed by atoms with Crippen LogP contribution in [0, 0.1) is 0 Å². The second-order valence-electron chi connectivity index (χ2n) is 4.09. The molecular formula is C11H20Cl2N4O2. The molecule has 0 saturated carbocycles. The minimum atomic E-state index is -0.398. The first-order valence-electron chi connectivity index (χ1n) is 5.94. The lowest BCUT2D eigenvalue weighted by Gasteiger charge is -2.23. The third kappa shape index (κ3) is 3.99. The molecule has 0 amide bonds. The first-order chi connectivity index (χ1) is 8.24. The lowest BCUT2D eigenvalue weighted by Crippen LogP contribution is -2.30. The zero-order chi connectivity index (χ0) is 12.3. The van der Waals surface area contributed by atoms with E-state index in [0.717, 1.165) is 25.9 Å². The summed E-state index contributed by atoms with van der Waals surface area (Å²) in [4.78, 5) is 11.6. The van der Waals surface area contributed by atoms with Crippen LogP contribution in [0.25, 0.3) is 0 Å². The van der Waals surface area contributed by atoms with E-state index in [1.165, 1.54) is 6.20 Å². The Hall–Kier alpha value is -0.980. The molecule has 1 aliphatic heterocycles. The number of piperidine rings is 1. The fourth-order valence-electron chi connectivity index (χ4n) is 2.08. The second-order valence-corrected chi connectivity index (χ2v) is 4.09. The van der Waals surface area contributed by atoms with E-state index < -0.39 is 5.97 Å². The van der Waals surface area contributed by atoms with E-state index in [-0.39, 0.29) is 30.9 Å². The molecule has 0 unspecified atom stereocenters. The summed E-state index contributed by atoms with van der Waals surface area (Å²) in [7, 11) is 0. The number of hydrogen-bond donors (Lipinski definition) is 2. The van der Waals surface area contributed by atoms with E-state index in [4.69, 9.17) is 10.5 Å². The number of aromatic nitrogens is 2. The number of nitrogens with one attached hydrogen (secondary N) is 1. The smallest absolute Gasteiger partial charge is 0.343 e. The lowest BCUT2D eigenvalue weighted by atomic mass is 10.1. The Morgan fingerprint density at radius 3 is 2.74 bits per heavy atom. The number of nitrogens with two attached hydrogens (primary N) is 1. The van der Waals surface area contributed by atoms with E-state index in [1.54, 1.807) is 11.6 Å². The Morgan fingerprint density at radius 1 is 1.53 bits per heavy atom. The van der Waals surface area contributed by atoms with Crippen molar-refractivity contribution >= 4 is 36.6 Å². The minimum Gasteiger partial charge on any atom is -0.462 e. The molecule has 1 saturated heterocycles. The molecule has 1 aromatic heterocycles. The highest BCUT2D eigenvalue weighted by Gasteiger charge is 2.22. The predicted octanol–water partition coefficient (Wildman–Crippen LogP) is 1.41. The molecule has 2 rings (SSSR count). The first kappa shape index (κ1) is 18.0. The van der Waals surface area contributed by atoms with Crippen LogP contribution < -0.4 is 11.1 Å². The van der Waals surface area contributed by atoms with Crippen molar-refractivity contribution in [2.24, 2.45) is 0 Å². The first-order valence-corrected chi connectivity index (χ1v) is 5.94. The van der Waals surface area contributed by atoms with E-state index in [1.807, 2.05) is 0 Å². The summed E-state index contributed by atoms with van der Waals surface area (Å²) in [6, 6.07) is 0.277. The van der Waals surface area contributed by atoms with Gasteiger partial charge >= 0.3 is 5.97 Å². The van der Waals surface area contributed by atoms with Gasteiger partial charge in [0, 0.05) is 0 Å². The van der Waals surface area contributed by atoms with Gasteiger partial charge in [0.1, 0.15) is 11.4 Å². The van der Waals surface area contributed by atoms with E-state index in [0.29, 0.717) is 18.0 Å². The van der Waals surface area contributed by atoms with Gasteiger partial charge in [-0.05, 0) is 32.9 Å². The summed E-state index contributed by atoms with van der Waals surface area (Å²) >= 11 is 0.